The van der Waals surface area contributed by atoms with Gasteiger partial charge in [0.1, 0.15) is 0 Å². The number of rotatable bonds is 4. The lowest BCUT2D eigenvalue weighted by atomic mass is 9.96. The van der Waals surface area contributed by atoms with Gasteiger partial charge in [-0.05, 0) is 19.4 Å². The Bertz CT molecular complexity index is 540. The molecule has 0 radical (unpaired) electrons. The minimum Gasteiger partial charge on any atom is -0.352 e. The summed E-state index contributed by atoms with van der Waals surface area (Å²) in [5.41, 5.74) is 0.229. The first-order valence-electron chi connectivity index (χ1n) is 7.60. The summed E-state index contributed by atoms with van der Waals surface area (Å²) in [7, 11) is 0. The number of carbonyl (C=O) groups is 2. The predicted octanol–water partition coefficient (Wildman–Crippen LogP) is 2.38. The molecule has 24 heavy (non-hydrogen) atoms. The van der Waals surface area contributed by atoms with Crippen LogP contribution in [0.1, 0.15) is 39.3 Å². The van der Waals surface area contributed by atoms with Gasteiger partial charge >= 0.3 is 0 Å². The molecule has 0 saturated carbocycles. The normalized spacial score (nSPS) is 17.2. The third-order valence-electron chi connectivity index (χ3n) is 3.46. The number of amides is 2. The van der Waals surface area contributed by atoms with Crippen molar-refractivity contribution < 1.29 is 9.59 Å². The van der Waals surface area contributed by atoms with Crippen molar-refractivity contribution in [3.05, 3.63) is 11.1 Å². The number of nitrogens with one attached hydrogen (secondary N) is 3. The maximum atomic E-state index is 12.0. The molecule has 138 valence electrons. The van der Waals surface area contributed by atoms with Gasteiger partial charge in [0.25, 0.3) is 0 Å². The smallest absolute Gasteiger partial charge is 0.231 e. The molecule has 0 spiro atoms. The molecule has 1 unspecified atom stereocenters. The SMILES string of the molecule is CC(C)(C)C(=O)Nc1nc(CC(=O)NC2CCCNC2)cs1.Cl.Cl. The molecule has 1 aromatic rings. The van der Waals surface area contributed by atoms with E-state index in [1.807, 2.05) is 26.2 Å². The number of hydrogen-bond acceptors (Lipinski definition) is 5. The highest BCUT2D eigenvalue weighted by molar-refractivity contribution is 7.13. The Morgan fingerprint density at radius 2 is 2.08 bits per heavy atom. The summed E-state index contributed by atoms with van der Waals surface area (Å²) in [6, 6.07) is 0.208. The third-order valence-corrected chi connectivity index (χ3v) is 4.26. The van der Waals surface area contributed by atoms with Gasteiger partial charge in [-0.3, -0.25) is 9.59 Å². The second kappa shape index (κ2) is 10.2. The molecule has 9 heteroatoms. The van der Waals surface area contributed by atoms with E-state index >= 15 is 0 Å². The molecule has 3 N–H and O–H groups in total. The van der Waals surface area contributed by atoms with Crippen LogP contribution >= 0.6 is 36.2 Å². The van der Waals surface area contributed by atoms with Gasteiger partial charge in [0.15, 0.2) is 5.13 Å². The van der Waals surface area contributed by atoms with E-state index in [2.05, 4.69) is 20.9 Å². The van der Waals surface area contributed by atoms with Crippen molar-refractivity contribution in [1.29, 1.82) is 0 Å². The zero-order valence-electron chi connectivity index (χ0n) is 14.2. The van der Waals surface area contributed by atoms with Crippen molar-refractivity contribution in [2.24, 2.45) is 5.41 Å². The largest absolute Gasteiger partial charge is 0.352 e. The first-order chi connectivity index (χ1) is 10.3. The van der Waals surface area contributed by atoms with Crippen LogP contribution in [-0.4, -0.2) is 35.9 Å². The standard InChI is InChI=1S/C15H24N4O2S.2ClH/c1-15(2,3)13(21)19-14-18-11(9-22-14)7-12(20)17-10-5-4-6-16-8-10;;/h9-10,16H,4-8H2,1-3H3,(H,17,20)(H,18,19,21);2*1H. The number of anilines is 1. The van der Waals surface area contributed by atoms with Crippen LogP contribution in [0.15, 0.2) is 5.38 Å². The summed E-state index contributed by atoms with van der Waals surface area (Å²) in [5.74, 6) is -0.0983. The molecule has 6 nitrogen and oxygen atoms in total. The molecule has 0 aliphatic carbocycles. The fourth-order valence-corrected chi connectivity index (χ4v) is 2.85. The Hall–Kier alpha value is -0.890. The summed E-state index contributed by atoms with van der Waals surface area (Å²) in [5, 5.41) is 11.4. The Morgan fingerprint density at radius 3 is 2.67 bits per heavy atom. The highest BCUT2D eigenvalue weighted by Crippen LogP contribution is 2.20. The van der Waals surface area contributed by atoms with Gasteiger partial charge in [-0.15, -0.1) is 36.2 Å². The third kappa shape index (κ3) is 7.34. The fraction of sp³-hybridized carbons (Fsp3) is 0.667. The average molecular weight is 397 g/mol. The van der Waals surface area contributed by atoms with Gasteiger partial charge < -0.3 is 16.0 Å². The highest BCUT2D eigenvalue weighted by atomic mass is 35.5. The first-order valence-corrected chi connectivity index (χ1v) is 8.48. The second-order valence-electron chi connectivity index (χ2n) is 6.64. The second-order valence-corrected chi connectivity index (χ2v) is 7.49. The molecular formula is C15H26Cl2N4O2S. The summed E-state index contributed by atoms with van der Waals surface area (Å²) < 4.78 is 0. The number of piperidine rings is 1. The van der Waals surface area contributed by atoms with Gasteiger partial charge in [-0.2, -0.15) is 0 Å². The molecular weight excluding hydrogens is 371 g/mol. The summed E-state index contributed by atoms with van der Waals surface area (Å²) >= 11 is 1.35. The quantitative estimate of drug-likeness (QED) is 0.729. The van der Waals surface area contributed by atoms with Crippen molar-refractivity contribution in [3.63, 3.8) is 0 Å². The van der Waals surface area contributed by atoms with Gasteiger partial charge in [0.2, 0.25) is 11.8 Å². The summed E-state index contributed by atoms with van der Waals surface area (Å²) in [4.78, 5) is 28.2. The Morgan fingerprint density at radius 1 is 1.38 bits per heavy atom. The maximum absolute atomic E-state index is 12.0. The molecule has 0 aromatic carbocycles. The summed E-state index contributed by atoms with van der Waals surface area (Å²) in [6.07, 6.45) is 2.35. The topological polar surface area (TPSA) is 83.1 Å². The van der Waals surface area contributed by atoms with Crippen LogP contribution < -0.4 is 16.0 Å². The summed E-state index contributed by atoms with van der Waals surface area (Å²) in [6.45, 7) is 7.40. The van der Waals surface area contributed by atoms with Crippen LogP contribution in [0.3, 0.4) is 0 Å². The van der Waals surface area contributed by atoms with Gasteiger partial charge in [0, 0.05) is 23.4 Å². The monoisotopic (exact) mass is 396 g/mol. The Balaban J connectivity index is 0.00000264. The molecule has 1 aliphatic rings. The number of thiazole rings is 1. The van der Waals surface area contributed by atoms with Crippen molar-refractivity contribution in [2.45, 2.75) is 46.1 Å². The number of hydrogen-bond donors (Lipinski definition) is 3. The van der Waals surface area contributed by atoms with Gasteiger partial charge in [0.05, 0.1) is 12.1 Å². The lowest BCUT2D eigenvalue weighted by molar-refractivity contribution is -0.123. The van der Waals surface area contributed by atoms with Crippen LogP contribution in [0.25, 0.3) is 0 Å². The van der Waals surface area contributed by atoms with Crippen molar-refractivity contribution in [3.8, 4) is 0 Å². The van der Waals surface area contributed by atoms with E-state index < -0.39 is 5.41 Å². The fourth-order valence-electron chi connectivity index (χ4n) is 2.15. The van der Waals surface area contributed by atoms with E-state index in [1.54, 1.807) is 0 Å². The van der Waals surface area contributed by atoms with Crippen LogP contribution in [0.2, 0.25) is 0 Å². The lowest BCUT2D eigenvalue weighted by Gasteiger charge is -2.23. The number of nitrogens with zero attached hydrogens (tertiary/aromatic N) is 1. The minimum absolute atomic E-state index is 0. The Labute approximate surface area is 159 Å². The molecule has 1 aromatic heterocycles. The van der Waals surface area contributed by atoms with E-state index in [9.17, 15) is 9.59 Å². The molecule has 1 aliphatic heterocycles. The molecule has 2 rings (SSSR count). The highest BCUT2D eigenvalue weighted by Gasteiger charge is 2.22. The first kappa shape index (κ1) is 23.1. The molecule has 1 fully saturated rings. The number of carbonyl (C=O) groups excluding carboxylic acids is 2. The van der Waals surface area contributed by atoms with E-state index in [0.717, 1.165) is 25.9 Å². The molecule has 0 bridgehead atoms. The zero-order valence-corrected chi connectivity index (χ0v) is 16.6. The van der Waals surface area contributed by atoms with Crippen LogP contribution in [0.4, 0.5) is 5.13 Å². The van der Waals surface area contributed by atoms with Crippen LogP contribution in [0.5, 0.6) is 0 Å². The van der Waals surface area contributed by atoms with E-state index in [1.165, 1.54) is 11.3 Å². The predicted molar refractivity (Wildman–Crippen MR) is 102 cm³/mol. The van der Waals surface area contributed by atoms with E-state index in [-0.39, 0.29) is 49.1 Å². The maximum Gasteiger partial charge on any atom is 0.231 e. The Kier molecular flexibility index (Phi) is 9.80. The minimum atomic E-state index is -0.461. The van der Waals surface area contributed by atoms with Crippen LogP contribution in [0, 0.1) is 5.41 Å². The van der Waals surface area contributed by atoms with Crippen molar-refractivity contribution in [2.75, 3.05) is 18.4 Å². The van der Waals surface area contributed by atoms with Crippen LogP contribution in [-0.2, 0) is 16.0 Å². The van der Waals surface area contributed by atoms with E-state index in [0.29, 0.717) is 10.8 Å². The molecule has 2 amide bonds. The average Bonchev–Trinajstić information content (AvgIpc) is 2.85. The molecule has 1 atom stereocenters. The van der Waals surface area contributed by atoms with E-state index in [4.69, 9.17) is 0 Å². The van der Waals surface area contributed by atoms with Gasteiger partial charge in [-0.1, -0.05) is 20.8 Å². The number of halogens is 2. The van der Waals surface area contributed by atoms with Gasteiger partial charge in [-0.25, -0.2) is 4.98 Å². The van der Waals surface area contributed by atoms with Crippen molar-refractivity contribution in [1.82, 2.24) is 15.6 Å². The van der Waals surface area contributed by atoms with Crippen molar-refractivity contribution >= 4 is 53.1 Å². The number of aromatic nitrogens is 1. The molecule has 2 heterocycles. The molecule has 1 saturated heterocycles. The zero-order chi connectivity index (χ0) is 16.2. The lowest BCUT2D eigenvalue weighted by Crippen LogP contribution is -2.46.